The van der Waals surface area contributed by atoms with E-state index in [4.69, 9.17) is 0 Å². The first-order valence-electron chi connectivity index (χ1n) is 7.46. The Hall–Kier alpha value is -2.60. The molecule has 5 nitrogen and oxygen atoms in total. The van der Waals surface area contributed by atoms with E-state index in [1.165, 1.54) is 0 Å². The number of rotatable bonds is 3. The molecule has 0 aliphatic rings. The van der Waals surface area contributed by atoms with Crippen molar-refractivity contribution in [1.29, 1.82) is 0 Å². The van der Waals surface area contributed by atoms with Gasteiger partial charge in [0.2, 0.25) is 0 Å². The Bertz CT molecular complexity index is 874. The van der Waals surface area contributed by atoms with Gasteiger partial charge in [0.25, 0.3) is 0 Å². The van der Waals surface area contributed by atoms with E-state index in [0.717, 1.165) is 21.3 Å². The van der Waals surface area contributed by atoms with Crippen LogP contribution in [0.25, 0.3) is 11.3 Å². The van der Waals surface area contributed by atoms with Crippen molar-refractivity contribution in [1.82, 2.24) is 9.78 Å². The summed E-state index contributed by atoms with van der Waals surface area (Å²) in [5.41, 5.74) is 3.80. The van der Waals surface area contributed by atoms with Gasteiger partial charge in [-0.3, -0.25) is 10.00 Å². The summed E-state index contributed by atoms with van der Waals surface area (Å²) in [6.45, 7) is 1.99. The third-order valence-corrected chi connectivity index (χ3v) is 4.22. The molecule has 0 atom stereocenters. The van der Waals surface area contributed by atoms with Gasteiger partial charge >= 0.3 is 6.03 Å². The largest absolute Gasteiger partial charge is 0.324 e. The molecule has 0 radical (unpaired) electrons. The predicted molar refractivity (Wildman–Crippen MR) is 100 cm³/mol. The van der Waals surface area contributed by atoms with Gasteiger partial charge in [-0.1, -0.05) is 36.4 Å². The van der Waals surface area contributed by atoms with Gasteiger partial charge in [-0.2, -0.15) is 5.10 Å². The molecule has 122 valence electrons. The van der Waals surface area contributed by atoms with E-state index < -0.39 is 0 Å². The van der Waals surface area contributed by atoms with Crippen LogP contribution in [0.1, 0.15) is 5.56 Å². The normalized spacial score (nSPS) is 10.5. The fourth-order valence-corrected chi connectivity index (χ4v) is 2.99. The molecule has 1 aromatic heterocycles. The lowest BCUT2D eigenvalue weighted by molar-refractivity contribution is 0.262. The van der Waals surface area contributed by atoms with Crippen molar-refractivity contribution in [3.63, 3.8) is 0 Å². The number of halogens is 1. The number of nitrogens with zero attached hydrogens (tertiary/aromatic N) is 2. The summed E-state index contributed by atoms with van der Waals surface area (Å²) in [6, 6.07) is 17.2. The zero-order chi connectivity index (χ0) is 17.1. The average molecular weight is 385 g/mol. The summed E-state index contributed by atoms with van der Waals surface area (Å²) >= 11 is 3.45. The van der Waals surface area contributed by atoms with Crippen molar-refractivity contribution < 1.29 is 4.79 Å². The van der Waals surface area contributed by atoms with Gasteiger partial charge in [-0.05, 0) is 46.1 Å². The Kier molecular flexibility index (Phi) is 4.66. The predicted octanol–water partition coefficient (Wildman–Crippen LogP) is 4.80. The van der Waals surface area contributed by atoms with Gasteiger partial charge in [-0.25, -0.2) is 4.79 Å². The zero-order valence-corrected chi connectivity index (χ0v) is 15.0. The number of aromatic nitrogens is 2. The van der Waals surface area contributed by atoms with Gasteiger partial charge in [-0.15, -0.1) is 0 Å². The van der Waals surface area contributed by atoms with E-state index in [9.17, 15) is 4.79 Å². The molecule has 1 heterocycles. The van der Waals surface area contributed by atoms with Crippen LogP contribution in [-0.2, 0) is 7.05 Å². The molecule has 0 aliphatic carbocycles. The number of carbonyl (C=O) groups is 1. The summed E-state index contributed by atoms with van der Waals surface area (Å²) in [5.74, 6) is 0.497. The molecule has 0 bridgehead atoms. The summed E-state index contributed by atoms with van der Waals surface area (Å²) in [5, 5.41) is 9.91. The second-order valence-electron chi connectivity index (χ2n) is 5.47. The maximum absolute atomic E-state index is 12.2. The lowest BCUT2D eigenvalue weighted by Crippen LogP contribution is -2.20. The van der Waals surface area contributed by atoms with Gasteiger partial charge in [0.1, 0.15) is 0 Å². The highest BCUT2D eigenvalue weighted by Gasteiger charge is 2.11. The molecule has 0 fully saturated rings. The number of anilines is 2. The fraction of sp³-hybridized carbons (Fsp3) is 0.111. The summed E-state index contributed by atoms with van der Waals surface area (Å²) < 4.78 is 2.58. The van der Waals surface area contributed by atoms with E-state index in [1.807, 2.05) is 68.6 Å². The van der Waals surface area contributed by atoms with E-state index in [1.54, 1.807) is 4.68 Å². The third kappa shape index (κ3) is 3.65. The summed E-state index contributed by atoms with van der Waals surface area (Å²) in [6.07, 6.45) is 0. The average Bonchev–Trinajstić information content (AvgIpc) is 2.91. The second-order valence-corrected chi connectivity index (χ2v) is 6.32. The van der Waals surface area contributed by atoms with Gasteiger partial charge in [0.05, 0.1) is 11.4 Å². The van der Waals surface area contributed by atoms with Crippen LogP contribution >= 0.6 is 15.9 Å². The first-order valence-corrected chi connectivity index (χ1v) is 8.26. The summed E-state index contributed by atoms with van der Waals surface area (Å²) in [7, 11) is 1.85. The molecule has 2 N–H and O–H groups in total. The van der Waals surface area contributed by atoms with Gasteiger partial charge in [0.15, 0.2) is 5.82 Å². The molecule has 0 aliphatic heterocycles. The van der Waals surface area contributed by atoms with Crippen molar-refractivity contribution in [2.45, 2.75) is 6.92 Å². The third-order valence-electron chi connectivity index (χ3n) is 3.56. The number of carbonyl (C=O) groups excluding carboxylic acids is 1. The fourth-order valence-electron chi connectivity index (χ4n) is 2.40. The van der Waals surface area contributed by atoms with Crippen LogP contribution in [0.4, 0.5) is 16.3 Å². The molecule has 0 saturated heterocycles. The number of amides is 2. The number of hydrogen-bond donors (Lipinski definition) is 2. The molecule has 0 saturated carbocycles. The summed E-state index contributed by atoms with van der Waals surface area (Å²) in [4.78, 5) is 12.2. The molecular formula is C18H17BrN4O. The highest BCUT2D eigenvalue weighted by atomic mass is 79.9. The first-order chi connectivity index (χ1) is 11.5. The smallest absolute Gasteiger partial charge is 0.307 e. The van der Waals surface area contributed by atoms with E-state index in [2.05, 4.69) is 31.7 Å². The quantitative estimate of drug-likeness (QED) is 0.680. The molecular weight excluding hydrogens is 368 g/mol. The Labute approximate surface area is 148 Å². The topological polar surface area (TPSA) is 59.0 Å². The minimum atomic E-state index is -0.336. The number of hydrogen-bond acceptors (Lipinski definition) is 2. The van der Waals surface area contributed by atoms with Crippen LogP contribution in [0.3, 0.4) is 0 Å². The highest BCUT2D eigenvalue weighted by molar-refractivity contribution is 9.10. The molecule has 3 rings (SSSR count). The molecule has 24 heavy (non-hydrogen) atoms. The Morgan fingerprint density at radius 3 is 2.54 bits per heavy atom. The van der Waals surface area contributed by atoms with Crippen LogP contribution in [0.15, 0.2) is 59.1 Å². The van der Waals surface area contributed by atoms with E-state index in [-0.39, 0.29) is 6.03 Å². The van der Waals surface area contributed by atoms with Crippen molar-refractivity contribution in [3.05, 3.63) is 64.6 Å². The number of nitrogens with one attached hydrogen (secondary N) is 2. The standard InChI is InChI=1S/C18H17BrN4O/c1-12-8-9-15(14(19)10-12)20-18(24)21-17-11-16(23(2)22-17)13-6-4-3-5-7-13/h3-11H,1-2H3,(H2,20,21,22,24). The van der Waals surface area contributed by atoms with Crippen molar-refractivity contribution in [3.8, 4) is 11.3 Å². The number of aryl methyl sites for hydroxylation is 2. The SMILES string of the molecule is Cc1ccc(NC(=O)Nc2cc(-c3ccccc3)n(C)n2)c(Br)c1. The molecule has 0 unspecified atom stereocenters. The van der Waals surface area contributed by atoms with Crippen molar-refractivity contribution >= 4 is 33.5 Å². The maximum atomic E-state index is 12.2. The molecule has 0 spiro atoms. The first kappa shape index (κ1) is 16.3. The highest BCUT2D eigenvalue weighted by Crippen LogP contribution is 2.24. The molecule has 6 heteroatoms. The molecule has 2 amide bonds. The van der Waals surface area contributed by atoms with E-state index >= 15 is 0 Å². The minimum Gasteiger partial charge on any atom is -0.307 e. The minimum absolute atomic E-state index is 0.336. The zero-order valence-electron chi connectivity index (χ0n) is 13.4. The van der Waals surface area contributed by atoms with Gasteiger partial charge in [0, 0.05) is 17.6 Å². The second kappa shape index (κ2) is 6.88. The van der Waals surface area contributed by atoms with Crippen LogP contribution in [0, 0.1) is 6.92 Å². The Morgan fingerprint density at radius 2 is 1.83 bits per heavy atom. The Balaban J connectivity index is 1.73. The monoisotopic (exact) mass is 384 g/mol. The van der Waals surface area contributed by atoms with Crippen LogP contribution in [0.5, 0.6) is 0 Å². The van der Waals surface area contributed by atoms with Crippen LogP contribution in [0.2, 0.25) is 0 Å². The Morgan fingerprint density at radius 1 is 1.08 bits per heavy atom. The number of benzene rings is 2. The van der Waals surface area contributed by atoms with Crippen LogP contribution in [-0.4, -0.2) is 15.8 Å². The molecule has 2 aromatic carbocycles. The van der Waals surface area contributed by atoms with Crippen molar-refractivity contribution in [2.24, 2.45) is 7.05 Å². The van der Waals surface area contributed by atoms with E-state index in [0.29, 0.717) is 11.5 Å². The van der Waals surface area contributed by atoms with Crippen LogP contribution < -0.4 is 10.6 Å². The van der Waals surface area contributed by atoms with Crippen molar-refractivity contribution in [2.75, 3.05) is 10.6 Å². The number of urea groups is 1. The maximum Gasteiger partial charge on any atom is 0.324 e. The van der Waals surface area contributed by atoms with Gasteiger partial charge < -0.3 is 5.32 Å². The lowest BCUT2D eigenvalue weighted by atomic mass is 10.1. The lowest BCUT2D eigenvalue weighted by Gasteiger charge is -2.08. The molecule has 3 aromatic rings.